The second kappa shape index (κ2) is 7.87. The first kappa shape index (κ1) is 16.4. The Balaban J connectivity index is 1.99. The van der Waals surface area contributed by atoms with Crippen molar-refractivity contribution in [2.45, 2.75) is 58.1 Å². The zero-order chi connectivity index (χ0) is 15.1. The Labute approximate surface area is 126 Å². The van der Waals surface area contributed by atoms with Crippen LogP contribution in [0.15, 0.2) is 4.52 Å². The maximum absolute atomic E-state index is 5.96. The molecule has 2 rings (SSSR count). The number of nitrogens with zero attached hydrogens (tertiary/aromatic N) is 2. The van der Waals surface area contributed by atoms with E-state index >= 15 is 0 Å². The molecule has 1 aromatic rings. The molecule has 1 fully saturated rings. The first-order valence-electron chi connectivity index (χ1n) is 7.98. The van der Waals surface area contributed by atoms with Crippen molar-refractivity contribution in [1.82, 2.24) is 15.5 Å². The number of aromatic nitrogens is 2. The third-order valence-electron chi connectivity index (χ3n) is 3.94. The van der Waals surface area contributed by atoms with Crippen LogP contribution in [0.25, 0.3) is 0 Å². The van der Waals surface area contributed by atoms with Gasteiger partial charge in [0.05, 0.1) is 0 Å². The molecule has 0 radical (unpaired) electrons. The molecular weight excluding hydrogens is 270 g/mol. The maximum Gasteiger partial charge on any atom is 0.226 e. The Kier molecular flexibility index (Phi) is 6.14. The van der Waals surface area contributed by atoms with Crippen molar-refractivity contribution >= 4 is 0 Å². The van der Waals surface area contributed by atoms with Crippen LogP contribution < -0.4 is 5.32 Å². The van der Waals surface area contributed by atoms with Gasteiger partial charge in [-0.2, -0.15) is 4.98 Å². The summed E-state index contributed by atoms with van der Waals surface area (Å²) in [6.45, 7) is 9.25. The molecule has 1 atom stereocenters. The summed E-state index contributed by atoms with van der Waals surface area (Å²) in [6.07, 6.45) is 3.35. The lowest BCUT2D eigenvalue weighted by Gasteiger charge is -2.33. The van der Waals surface area contributed by atoms with Gasteiger partial charge >= 0.3 is 0 Å². The first-order valence-corrected chi connectivity index (χ1v) is 7.98. The van der Waals surface area contributed by atoms with E-state index in [2.05, 4.69) is 29.3 Å². The molecule has 1 aromatic heterocycles. The van der Waals surface area contributed by atoms with Gasteiger partial charge in [-0.05, 0) is 26.8 Å². The topological polar surface area (TPSA) is 69.4 Å². The molecule has 6 nitrogen and oxygen atoms in total. The Morgan fingerprint density at radius 1 is 1.33 bits per heavy atom. The Morgan fingerprint density at radius 2 is 2.10 bits per heavy atom. The Hall–Kier alpha value is -0.980. The predicted octanol–water partition coefficient (Wildman–Crippen LogP) is 2.04. The van der Waals surface area contributed by atoms with Crippen LogP contribution in [-0.4, -0.2) is 42.5 Å². The number of ether oxygens (including phenoxy) is 2. The summed E-state index contributed by atoms with van der Waals surface area (Å²) in [5, 5.41) is 7.55. The van der Waals surface area contributed by atoms with Crippen LogP contribution in [0.5, 0.6) is 0 Å². The molecule has 1 saturated heterocycles. The average Bonchev–Trinajstić information content (AvgIpc) is 2.96. The SMILES string of the molecule is CCNC(C)CCc1nc(C2(OCC)CCOCC2)no1. The third kappa shape index (κ3) is 4.25. The van der Waals surface area contributed by atoms with Crippen LogP contribution in [0, 0.1) is 0 Å². The van der Waals surface area contributed by atoms with Gasteiger partial charge in [0.25, 0.3) is 0 Å². The molecule has 2 heterocycles. The van der Waals surface area contributed by atoms with Gasteiger partial charge < -0.3 is 19.3 Å². The monoisotopic (exact) mass is 297 g/mol. The highest BCUT2D eigenvalue weighted by Gasteiger charge is 2.39. The molecule has 1 N–H and O–H groups in total. The van der Waals surface area contributed by atoms with Gasteiger partial charge in [0.15, 0.2) is 0 Å². The lowest BCUT2D eigenvalue weighted by Crippen LogP contribution is -2.37. The highest BCUT2D eigenvalue weighted by Crippen LogP contribution is 2.34. The number of hydrogen-bond acceptors (Lipinski definition) is 6. The number of rotatable bonds is 8. The molecule has 1 aliphatic rings. The largest absolute Gasteiger partial charge is 0.381 e. The normalized spacial score (nSPS) is 19.6. The highest BCUT2D eigenvalue weighted by atomic mass is 16.5. The molecule has 0 saturated carbocycles. The van der Waals surface area contributed by atoms with E-state index < -0.39 is 5.60 Å². The van der Waals surface area contributed by atoms with Gasteiger partial charge in [-0.1, -0.05) is 12.1 Å². The lowest BCUT2D eigenvalue weighted by atomic mass is 9.93. The van der Waals surface area contributed by atoms with Crippen LogP contribution in [0.1, 0.15) is 51.7 Å². The Morgan fingerprint density at radius 3 is 2.76 bits per heavy atom. The molecule has 6 heteroatoms. The van der Waals surface area contributed by atoms with Crippen LogP contribution in [0.2, 0.25) is 0 Å². The quantitative estimate of drug-likeness (QED) is 0.792. The third-order valence-corrected chi connectivity index (χ3v) is 3.94. The second-order valence-electron chi connectivity index (χ2n) is 5.55. The zero-order valence-corrected chi connectivity index (χ0v) is 13.4. The van der Waals surface area contributed by atoms with Crippen LogP contribution in [0.3, 0.4) is 0 Å². The van der Waals surface area contributed by atoms with E-state index in [1.807, 2.05) is 6.92 Å². The fourth-order valence-electron chi connectivity index (χ4n) is 2.74. The van der Waals surface area contributed by atoms with Crippen molar-refractivity contribution < 1.29 is 14.0 Å². The van der Waals surface area contributed by atoms with Crippen molar-refractivity contribution in [2.75, 3.05) is 26.4 Å². The number of nitrogens with one attached hydrogen (secondary N) is 1. The van der Waals surface area contributed by atoms with Crippen LogP contribution in [0.4, 0.5) is 0 Å². The second-order valence-corrected chi connectivity index (χ2v) is 5.55. The molecule has 0 bridgehead atoms. The lowest BCUT2D eigenvalue weighted by molar-refractivity contribution is -0.118. The van der Waals surface area contributed by atoms with Crippen LogP contribution >= 0.6 is 0 Å². The molecule has 120 valence electrons. The minimum atomic E-state index is -0.429. The molecular formula is C15H27N3O3. The molecule has 0 aliphatic carbocycles. The van der Waals surface area contributed by atoms with Gasteiger partial charge in [-0.25, -0.2) is 0 Å². The fraction of sp³-hybridized carbons (Fsp3) is 0.867. The standard InChI is InChI=1S/C15H27N3O3/c1-4-16-12(3)6-7-13-17-14(18-21-13)15(20-5-2)8-10-19-11-9-15/h12,16H,4-11H2,1-3H3. The van der Waals surface area contributed by atoms with E-state index in [9.17, 15) is 0 Å². The van der Waals surface area contributed by atoms with E-state index in [0.29, 0.717) is 37.6 Å². The number of hydrogen-bond donors (Lipinski definition) is 1. The van der Waals surface area contributed by atoms with E-state index in [1.54, 1.807) is 0 Å². The first-order chi connectivity index (χ1) is 10.2. The van der Waals surface area contributed by atoms with E-state index in [-0.39, 0.29) is 0 Å². The van der Waals surface area contributed by atoms with Crippen molar-refractivity contribution in [1.29, 1.82) is 0 Å². The van der Waals surface area contributed by atoms with Gasteiger partial charge in [0.1, 0.15) is 5.60 Å². The molecule has 21 heavy (non-hydrogen) atoms. The average molecular weight is 297 g/mol. The summed E-state index contributed by atoms with van der Waals surface area (Å²) in [7, 11) is 0. The summed E-state index contributed by atoms with van der Waals surface area (Å²) >= 11 is 0. The highest BCUT2D eigenvalue weighted by molar-refractivity contribution is 5.03. The summed E-state index contributed by atoms with van der Waals surface area (Å²) < 4.78 is 16.8. The molecule has 0 amide bonds. The minimum absolute atomic E-state index is 0.429. The number of aryl methyl sites for hydroxylation is 1. The summed E-state index contributed by atoms with van der Waals surface area (Å²) in [5.74, 6) is 1.37. The van der Waals surface area contributed by atoms with Crippen molar-refractivity contribution in [3.8, 4) is 0 Å². The van der Waals surface area contributed by atoms with Gasteiger partial charge in [-0.15, -0.1) is 0 Å². The molecule has 1 aliphatic heterocycles. The van der Waals surface area contributed by atoms with E-state index in [0.717, 1.165) is 32.2 Å². The van der Waals surface area contributed by atoms with Gasteiger partial charge in [0.2, 0.25) is 11.7 Å². The maximum atomic E-state index is 5.96. The molecule has 0 aromatic carbocycles. The zero-order valence-electron chi connectivity index (χ0n) is 13.4. The predicted molar refractivity (Wildman–Crippen MR) is 79.1 cm³/mol. The molecule has 0 spiro atoms. The van der Waals surface area contributed by atoms with Crippen LogP contribution in [-0.2, 0) is 21.5 Å². The molecule has 1 unspecified atom stereocenters. The summed E-state index contributed by atoms with van der Waals surface area (Å²) in [4.78, 5) is 4.57. The van der Waals surface area contributed by atoms with E-state index in [4.69, 9.17) is 14.0 Å². The fourth-order valence-corrected chi connectivity index (χ4v) is 2.74. The van der Waals surface area contributed by atoms with Crippen molar-refractivity contribution in [3.05, 3.63) is 11.7 Å². The smallest absolute Gasteiger partial charge is 0.226 e. The van der Waals surface area contributed by atoms with Gasteiger partial charge in [-0.3, -0.25) is 0 Å². The van der Waals surface area contributed by atoms with Gasteiger partial charge in [0, 0.05) is 45.1 Å². The summed E-state index contributed by atoms with van der Waals surface area (Å²) in [6, 6.07) is 0.453. The minimum Gasteiger partial charge on any atom is -0.381 e. The van der Waals surface area contributed by atoms with Crippen molar-refractivity contribution in [3.63, 3.8) is 0 Å². The van der Waals surface area contributed by atoms with Crippen molar-refractivity contribution in [2.24, 2.45) is 0 Å². The summed E-state index contributed by atoms with van der Waals surface area (Å²) in [5.41, 5.74) is -0.429. The van der Waals surface area contributed by atoms with E-state index in [1.165, 1.54) is 0 Å². The Bertz CT molecular complexity index is 411.